The lowest BCUT2D eigenvalue weighted by Gasteiger charge is -2.12. The molecule has 0 aliphatic heterocycles. The molecule has 0 bridgehead atoms. The quantitative estimate of drug-likeness (QED) is 0.258. The van der Waals surface area contributed by atoms with E-state index in [1.54, 1.807) is 0 Å². The van der Waals surface area contributed by atoms with Gasteiger partial charge in [-0.25, -0.2) is 9.48 Å². The second-order valence-corrected chi connectivity index (χ2v) is 10.9. The zero-order chi connectivity index (χ0) is 28.0. The molecular weight excluding hydrogens is 504 g/mol. The first-order chi connectivity index (χ1) is 18.9. The lowest BCUT2D eigenvalue weighted by molar-refractivity contribution is -0.123. The number of aromatic nitrogens is 3. The Balaban J connectivity index is 1.10. The predicted molar refractivity (Wildman–Crippen MR) is 145 cm³/mol. The van der Waals surface area contributed by atoms with E-state index in [4.69, 9.17) is 23.7 Å². The van der Waals surface area contributed by atoms with Crippen LogP contribution in [0.3, 0.4) is 0 Å². The van der Waals surface area contributed by atoms with Crippen LogP contribution in [0.2, 0.25) is 0 Å². The number of Topliss-reactive ketones (excluding diaryl/α,β-unsaturated/α-hetero) is 1. The van der Waals surface area contributed by atoms with Crippen LogP contribution in [0.15, 0.2) is 0 Å². The van der Waals surface area contributed by atoms with E-state index in [0.29, 0.717) is 96.2 Å². The number of nitrogens with zero attached hydrogens (tertiary/aromatic N) is 3. The van der Waals surface area contributed by atoms with E-state index in [0.717, 1.165) is 31.4 Å². The van der Waals surface area contributed by atoms with Crippen molar-refractivity contribution in [2.45, 2.75) is 65.8 Å². The van der Waals surface area contributed by atoms with Crippen molar-refractivity contribution in [3.05, 3.63) is 11.4 Å². The van der Waals surface area contributed by atoms with Gasteiger partial charge in [-0.05, 0) is 57.3 Å². The van der Waals surface area contributed by atoms with Gasteiger partial charge in [0.1, 0.15) is 5.78 Å². The Morgan fingerprint density at radius 2 is 1.46 bits per heavy atom. The molecule has 39 heavy (non-hydrogen) atoms. The Hall–Kier alpha value is -2.08. The number of fused-ring (bicyclic) bond motifs is 2. The fraction of sp³-hybridized carbons (Fsp3) is 0.857. The van der Waals surface area contributed by atoms with Gasteiger partial charge in [0.2, 0.25) is 0 Å². The Labute approximate surface area is 232 Å². The maximum atomic E-state index is 12.1. The summed E-state index contributed by atoms with van der Waals surface area (Å²) in [4.78, 5) is 23.6. The van der Waals surface area contributed by atoms with Crippen molar-refractivity contribution >= 4 is 11.9 Å². The van der Waals surface area contributed by atoms with Crippen LogP contribution in [-0.2, 0) is 41.3 Å². The van der Waals surface area contributed by atoms with Crippen LogP contribution < -0.4 is 5.32 Å². The molecule has 2 aliphatic rings. The van der Waals surface area contributed by atoms with E-state index in [9.17, 15) is 9.59 Å². The summed E-state index contributed by atoms with van der Waals surface area (Å²) < 4.78 is 29.3. The SMILES string of the molecule is CC(C)C(=O)CCOCCOCCOCCOCCNC(=O)OCC1C2CCc3nnn(C(C)C)c3CCC21. The number of ether oxygens (including phenoxy) is 5. The Bertz CT molecular complexity index is 876. The molecule has 1 N–H and O–H groups in total. The number of ketones is 1. The number of aryl methyl sites for hydroxylation is 1. The summed E-state index contributed by atoms with van der Waals surface area (Å²) in [7, 11) is 0. The first kappa shape index (κ1) is 31.4. The third-order valence-electron chi connectivity index (χ3n) is 7.47. The molecule has 3 atom stereocenters. The number of carbonyl (C=O) groups is 2. The minimum Gasteiger partial charge on any atom is -0.449 e. The van der Waals surface area contributed by atoms with E-state index in [-0.39, 0.29) is 17.8 Å². The van der Waals surface area contributed by atoms with Crippen LogP contribution in [0.5, 0.6) is 0 Å². The highest BCUT2D eigenvalue weighted by molar-refractivity contribution is 5.80. The molecule has 222 valence electrons. The van der Waals surface area contributed by atoms with E-state index >= 15 is 0 Å². The monoisotopic (exact) mass is 552 g/mol. The number of carbonyl (C=O) groups excluding carboxylic acids is 2. The first-order valence-electron chi connectivity index (χ1n) is 14.6. The molecule has 1 saturated carbocycles. The van der Waals surface area contributed by atoms with Gasteiger partial charge < -0.3 is 29.0 Å². The normalized spacial score (nSPS) is 20.3. The van der Waals surface area contributed by atoms with Crippen LogP contribution in [0.4, 0.5) is 4.79 Å². The van der Waals surface area contributed by atoms with E-state index in [1.165, 1.54) is 5.69 Å². The van der Waals surface area contributed by atoms with E-state index in [1.807, 2.05) is 13.8 Å². The Morgan fingerprint density at radius 1 is 0.872 bits per heavy atom. The topological polar surface area (TPSA) is 123 Å². The Morgan fingerprint density at radius 3 is 2.08 bits per heavy atom. The zero-order valence-corrected chi connectivity index (χ0v) is 24.2. The Kier molecular flexibility index (Phi) is 13.6. The minimum absolute atomic E-state index is 0.0564. The summed E-state index contributed by atoms with van der Waals surface area (Å²) in [5, 5.41) is 11.5. The molecule has 1 aromatic heterocycles. The van der Waals surface area contributed by atoms with Gasteiger partial charge in [0.15, 0.2) is 0 Å². The zero-order valence-electron chi connectivity index (χ0n) is 24.2. The van der Waals surface area contributed by atoms with Crippen LogP contribution in [0, 0.1) is 23.7 Å². The van der Waals surface area contributed by atoms with Gasteiger partial charge in [0.25, 0.3) is 0 Å². The van der Waals surface area contributed by atoms with Gasteiger partial charge in [0, 0.05) is 24.9 Å². The second-order valence-electron chi connectivity index (χ2n) is 10.9. The van der Waals surface area contributed by atoms with Gasteiger partial charge in [-0.2, -0.15) is 0 Å². The molecule has 0 radical (unpaired) electrons. The molecule has 1 aromatic rings. The largest absolute Gasteiger partial charge is 0.449 e. The van der Waals surface area contributed by atoms with Crippen molar-refractivity contribution < 1.29 is 33.3 Å². The minimum atomic E-state index is -0.387. The van der Waals surface area contributed by atoms with Crippen molar-refractivity contribution in [2.75, 3.05) is 66.0 Å². The number of alkyl carbamates (subject to hydrolysis) is 1. The highest BCUT2D eigenvalue weighted by Crippen LogP contribution is 2.53. The van der Waals surface area contributed by atoms with Crippen molar-refractivity contribution in [2.24, 2.45) is 23.7 Å². The van der Waals surface area contributed by atoms with Crippen molar-refractivity contribution in [1.29, 1.82) is 0 Å². The number of nitrogens with one attached hydrogen (secondary N) is 1. The summed E-state index contributed by atoms with van der Waals surface area (Å²) in [5.41, 5.74) is 2.42. The van der Waals surface area contributed by atoms with Crippen LogP contribution in [0.25, 0.3) is 0 Å². The van der Waals surface area contributed by atoms with Gasteiger partial charge in [0.05, 0.1) is 70.8 Å². The molecule has 1 amide bonds. The first-order valence-corrected chi connectivity index (χ1v) is 14.6. The predicted octanol–water partition coefficient (Wildman–Crippen LogP) is 3.01. The fourth-order valence-electron chi connectivity index (χ4n) is 5.12. The molecule has 3 unspecified atom stereocenters. The third kappa shape index (κ3) is 10.8. The standard InChI is InChI=1S/C28H48N4O7/c1-20(2)27(33)9-11-35-13-15-37-17-18-38-16-14-36-12-10-29-28(34)39-19-24-22-5-7-25-26(8-6-23(22)24)32(21(3)4)31-30-25/h20-24H,5-19H2,1-4H3,(H,29,34). The molecule has 0 aromatic carbocycles. The molecule has 3 rings (SSSR count). The maximum Gasteiger partial charge on any atom is 0.407 e. The third-order valence-corrected chi connectivity index (χ3v) is 7.47. The molecule has 11 nitrogen and oxygen atoms in total. The van der Waals surface area contributed by atoms with Crippen molar-refractivity contribution in [3.8, 4) is 0 Å². The van der Waals surface area contributed by atoms with E-state index in [2.05, 4.69) is 34.2 Å². The van der Waals surface area contributed by atoms with Crippen molar-refractivity contribution in [1.82, 2.24) is 20.3 Å². The van der Waals surface area contributed by atoms with Crippen molar-refractivity contribution in [3.63, 3.8) is 0 Å². The summed E-state index contributed by atoms with van der Waals surface area (Å²) in [6.07, 6.45) is 4.20. The molecular formula is C28H48N4O7. The summed E-state index contributed by atoms with van der Waals surface area (Å²) in [6, 6.07) is 0.325. The smallest absolute Gasteiger partial charge is 0.407 e. The number of amides is 1. The molecule has 0 saturated heterocycles. The van der Waals surface area contributed by atoms with Gasteiger partial charge in [-0.1, -0.05) is 19.1 Å². The van der Waals surface area contributed by atoms with Gasteiger partial charge >= 0.3 is 6.09 Å². The molecule has 11 heteroatoms. The average Bonchev–Trinajstić information content (AvgIpc) is 3.39. The second kappa shape index (κ2) is 16.9. The maximum absolute atomic E-state index is 12.1. The van der Waals surface area contributed by atoms with Crippen LogP contribution in [0.1, 0.15) is 64.4 Å². The summed E-state index contributed by atoms with van der Waals surface area (Å²) in [6.45, 7) is 12.6. The molecule has 1 fully saturated rings. The number of hydrogen-bond acceptors (Lipinski definition) is 9. The molecule has 1 heterocycles. The molecule has 2 aliphatic carbocycles. The lowest BCUT2D eigenvalue weighted by Crippen LogP contribution is -2.29. The number of hydrogen-bond donors (Lipinski definition) is 1. The number of rotatable bonds is 19. The van der Waals surface area contributed by atoms with Gasteiger partial charge in [-0.3, -0.25) is 4.79 Å². The fourth-order valence-corrected chi connectivity index (χ4v) is 5.12. The highest BCUT2D eigenvalue weighted by Gasteiger charge is 2.50. The summed E-state index contributed by atoms with van der Waals surface area (Å²) >= 11 is 0. The molecule has 0 spiro atoms. The van der Waals surface area contributed by atoms with Crippen LogP contribution in [-0.4, -0.2) is 92.9 Å². The van der Waals surface area contributed by atoms with Crippen LogP contribution >= 0.6 is 0 Å². The lowest BCUT2D eigenvalue weighted by atomic mass is 10.0. The van der Waals surface area contributed by atoms with E-state index < -0.39 is 0 Å². The average molecular weight is 553 g/mol. The highest BCUT2D eigenvalue weighted by atomic mass is 16.6. The summed E-state index contributed by atoms with van der Waals surface area (Å²) in [5.74, 6) is 1.96. The van der Waals surface area contributed by atoms with Gasteiger partial charge in [-0.15, -0.1) is 5.10 Å².